The fourth-order valence-electron chi connectivity index (χ4n) is 2.09. The molecule has 3 heteroatoms. The van der Waals surface area contributed by atoms with Gasteiger partial charge < -0.3 is 14.8 Å². The summed E-state index contributed by atoms with van der Waals surface area (Å²) in [5.41, 5.74) is 0. The third kappa shape index (κ3) is 8.61. The molecule has 0 saturated carbocycles. The Bertz CT molecular complexity index is 355. The molecule has 0 aliphatic heterocycles. The quantitative estimate of drug-likeness (QED) is 0.546. The highest BCUT2D eigenvalue weighted by molar-refractivity contribution is 5.39. The molecular weight excluding hydrogens is 262 g/mol. The highest BCUT2D eigenvalue weighted by Crippen LogP contribution is 2.26. The van der Waals surface area contributed by atoms with Gasteiger partial charge in [-0.05, 0) is 50.9 Å². The standard InChI is InChI=1S/C18H31NO2/c1-3-13-19-14-9-5-6-10-16-21-18-12-8-7-11-17(18)20-15-4-2/h7-8,11-12,19H,3-6,9-10,13-16H2,1-2H3. The van der Waals surface area contributed by atoms with Gasteiger partial charge in [0, 0.05) is 0 Å². The van der Waals surface area contributed by atoms with Crippen molar-refractivity contribution in [2.75, 3.05) is 26.3 Å². The molecule has 1 aromatic carbocycles. The van der Waals surface area contributed by atoms with Crippen LogP contribution in [0.4, 0.5) is 0 Å². The van der Waals surface area contributed by atoms with Gasteiger partial charge in [0.15, 0.2) is 11.5 Å². The monoisotopic (exact) mass is 293 g/mol. The summed E-state index contributed by atoms with van der Waals surface area (Å²) in [4.78, 5) is 0. The van der Waals surface area contributed by atoms with Gasteiger partial charge >= 0.3 is 0 Å². The van der Waals surface area contributed by atoms with Crippen molar-refractivity contribution < 1.29 is 9.47 Å². The Kier molecular flexibility index (Phi) is 10.6. The minimum atomic E-state index is 0.741. The van der Waals surface area contributed by atoms with E-state index < -0.39 is 0 Å². The molecule has 0 fully saturated rings. The van der Waals surface area contributed by atoms with Gasteiger partial charge in [0.25, 0.3) is 0 Å². The van der Waals surface area contributed by atoms with E-state index in [1.54, 1.807) is 0 Å². The maximum absolute atomic E-state index is 5.84. The summed E-state index contributed by atoms with van der Waals surface area (Å²) in [5, 5.41) is 3.43. The fraction of sp³-hybridized carbons (Fsp3) is 0.667. The third-order valence-corrected chi connectivity index (χ3v) is 3.24. The number of rotatable bonds is 13. The maximum atomic E-state index is 5.84. The molecule has 21 heavy (non-hydrogen) atoms. The van der Waals surface area contributed by atoms with Crippen molar-refractivity contribution in [1.82, 2.24) is 5.32 Å². The third-order valence-electron chi connectivity index (χ3n) is 3.24. The van der Waals surface area contributed by atoms with Gasteiger partial charge in [-0.3, -0.25) is 0 Å². The lowest BCUT2D eigenvalue weighted by atomic mass is 10.2. The van der Waals surface area contributed by atoms with Crippen LogP contribution in [0.25, 0.3) is 0 Å². The zero-order valence-corrected chi connectivity index (χ0v) is 13.7. The summed E-state index contributed by atoms with van der Waals surface area (Å²) < 4.78 is 11.5. The van der Waals surface area contributed by atoms with Gasteiger partial charge in [-0.15, -0.1) is 0 Å². The van der Waals surface area contributed by atoms with E-state index in [-0.39, 0.29) is 0 Å². The van der Waals surface area contributed by atoms with Crippen LogP contribution in [0, 0.1) is 0 Å². The Morgan fingerprint density at radius 3 is 2.10 bits per heavy atom. The second-order valence-corrected chi connectivity index (χ2v) is 5.31. The Labute approximate surface area is 130 Å². The van der Waals surface area contributed by atoms with Crippen LogP contribution < -0.4 is 14.8 Å². The molecule has 3 nitrogen and oxygen atoms in total. The first-order valence-corrected chi connectivity index (χ1v) is 8.43. The molecule has 0 amide bonds. The van der Waals surface area contributed by atoms with Crippen LogP contribution in [-0.4, -0.2) is 26.3 Å². The Morgan fingerprint density at radius 1 is 0.762 bits per heavy atom. The van der Waals surface area contributed by atoms with Crippen LogP contribution in [0.2, 0.25) is 0 Å². The summed E-state index contributed by atoms with van der Waals surface area (Å²) in [6.07, 6.45) is 7.10. The van der Waals surface area contributed by atoms with E-state index in [1.807, 2.05) is 24.3 Å². The second-order valence-electron chi connectivity index (χ2n) is 5.31. The largest absolute Gasteiger partial charge is 0.490 e. The van der Waals surface area contributed by atoms with E-state index in [1.165, 1.54) is 25.7 Å². The molecule has 0 bridgehead atoms. The SMILES string of the molecule is CCCNCCCCCCOc1ccccc1OCCC. The molecule has 0 unspecified atom stereocenters. The summed E-state index contributed by atoms with van der Waals surface area (Å²) in [6, 6.07) is 7.94. The van der Waals surface area contributed by atoms with Crippen LogP contribution in [0.15, 0.2) is 24.3 Å². The molecule has 0 atom stereocenters. The number of hydrogen-bond acceptors (Lipinski definition) is 3. The van der Waals surface area contributed by atoms with Crippen LogP contribution in [0.1, 0.15) is 52.4 Å². The lowest BCUT2D eigenvalue weighted by Crippen LogP contribution is -2.15. The van der Waals surface area contributed by atoms with Crippen molar-refractivity contribution in [3.05, 3.63) is 24.3 Å². The van der Waals surface area contributed by atoms with E-state index in [4.69, 9.17) is 9.47 Å². The molecule has 0 aliphatic carbocycles. The molecule has 120 valence electrons. The van der Waals surface area contributed by atoms with Crippen molar-refractivity contribution in [1.29, 1.82) is 0 Å². The fourth-order valence-corrected chi connectivity index (χ4v) is 2.09. The van der Waals surface area contributed by atoms with Gasteiger partial charge in [0.1, 0.15) is 0 Å². The number of ether oxygens (including phenoxy) is 2. The Balaban J connectivity index is 2.09. The summed E-state index contributed by atoms with van der Waals surface area (Å²) in [7, 11) is 0. The molecule has 1 aromatic rings. The summed E-state index contributed by atoms with van der Waals surface area (Å²) in [5.74, 6) is 1.73. The second kappa shape index (κ2) is 12.5. The number of nitrogens with one attached hydrogen (secondary N) is 1. The van der Waals surface area contributed by atoms with Crippen LogP contribution in [0.3, 0.4) is 0 Å². The first kappa shape index (κ1) is 17.8. The van der Waals surface area contributed by atoms with E-state index in [0.717, 1.165) is 50.6 Å². The predicted octanol–water partition coefficient (Wildman–Crippen LogP) is 4.41. The highest BCUT2D eigenvalue weighted by atomic mass is 16.5. The van der Waals surface area contributed by atoms with Gasteiger partial charge in [0.2, 0.25) is 0 Å². The zero-order valence-electron chi connectivity index (χ0n) is 13.7. The summed E-state index contributed by atoms with van der Waals surface area (Å²) >= 11 is 0. The van der Waals surface area contributed by atoms with Gasteiger partial charge in [0.05, 0.1) is 13.2 Å². The van der Waals surface area contributed by atoms with E-state index >= 15 is 0 Å². The normalized spacial score (nSPS) is 10.6. The average Bonchev–Trinajstić information content (AvgIpc) is 2.52. The number of hydrogen-bond donors (Lipinski definition) is 1. The average molecular weight is 293 g/mol. The van der Waals surface area contributed by atoms with Crippen molar-refractivity contribution >= 4 is 0 Å². The highest BCUT2D eigenvalue weighted by Gasteiger charge is 2.03. The number of para-hydroxylation sites is 2. The lowest BCUT2D eigenvalue weighted by molar-refractivity contribution is 0.263. The first-order chi connectivity index (χ1) is 10.4. The number of unbranched alkanes of at least 4 members (excludes halogenated alkanes) is 3. The van der Waals surface area contributed by atoms with Gasteiger partial charge in [-0.2, -0.15) is 0 Å². The number of benzene rings is 1. The van der Waals surface area contributed by atoms with Gasteiger partial charge in [-0.25, -0.2) is 0 Å². The van der Waals surface area contributed by atoms with Crippen LogP contribution in [-0.2, 0) is 0 Å². The van der Waals surface area contributed by atoms with Crippen LogP contribution >= 0.6 is 0 Å². The molecule has 1 N–H and O–H groups in total. The molecule has 0 spiro atoms. The molecule has 0 saturated heterocycles. The van der Waals surface area contributed by atoms with Crippen molar-refractivity contribution in [2.45, 2.75) is 52.4 Å². The van der Waals surface area contributed by atoms with E-state index in [9.17, 15) is 0 Å². The minimum Gasteiger partial charge on any atom is -0.490 e. The van der Waals surface area contributed by atoms with E-state index in [2.05, 4.69) is 19.2 Å². The molecule has 1 rings (SSSR count). The van der Waals surface area contributed by atoms with Gasteiger partial charge in [-0.1, -0.05) is 38.8 Å². The summed E-state index contributed by atoms with van der Waals surface area (Å²) in [6.45, 7) is 8.10. The molecular formula is C18H31NO2. The smallest absolute Gasteiger partial charge is 0.161 e. The van der Waals surface area contributed by atoms with Crippen molar-refractivity contribution in [2.24, 2.45) is 0 Å². The van der Waals surface area contributed by atoms with Crippen molar-refractivity contribution in [3.8, 4) is 11.5 Å². The van der Waals surface area contributed by atoms with Crippen LogP contribution in [0.5, 0.6) is 11.5 Å². The lowest BCUT2D eigenvalue weighted by Gasteiger charge is -2.12. The van der Waals surface area contributed by atoms with Crippen molar-refractivity contribution in [3.63, 3.8) is 0 Å². The predicted molar refractivity (Wildman–Crippen MR) is 89.4 cm³/mol. The topological polar surface area (TPSA) is 30.5 Å². The molecule has 0 aliphatic rings. The van der Waals surface area contributed by atoms with E-state index in [0.29, 0.717) is 0 Å². The minimum absolute atomic E-state index is 0.741. The molecule has 0 heterocycles. The molecule has 0 aromatic heterocycles. The molecule has 0 radical (unpaired) electrons. The maximum Gasteiger partial charge on any atom is 0.161 e. The Hall–Kier alpha value is -1.22. The first-order valence-electron chi connectivity index (χ1n) is 8.43. The Morgan fingerprint density at radius 2 is 1.43 bits per heavy atom. The zero-order chi connectivity index (χ0) is 15.2.